The fourth-order valence-corrected chi connectivity index (χ4v) is 5.52. The van der Waals surface area contributed by atoms with Crippen molar-refractivity contribution in [3.63, 3.8) is 0 Å². The first kappa shape index (κ1) is 18.2. The highest BCUT2D eigenvalue weighted by Gasteiger charge is 2.29. The fraction of sp³-hybridized carbons (Fsp3) is 0.375. The van der Waals surface area contributed by atoms with Gasteiger partial charge in [-0.05, 0) is 72.4 Å². The molecule has 0 radical (unpaired) electrons. The molecule has 0 saturated heterocycles. The summed E-state index contributed by atoms with van der Waals surface area (Å²) in [5.41, 5.74) is 8.63. The van der Waals surface area contributed by atoms with Crippen LogP contribution in [0, 0.1) is 12.3 Å². The number of benzene rings is 1. The van der Waals surface area contributed by atoms with Gasteiger partial charge in [-0.1, -0.05) is 32.0 Å². The average Bonchev–Trinajstić information content (AvgIpc) is 2.97. The normalized spacial score (nSPS) is 15.4. The number of anilines is 1. The number of aryl methyl sites for hydroxylation is 1. The Balaban J connectivity index is 1.69. The minimum Gasteiger partial charge on any atom is -0.388 e. The number of thiophene rings is 1. The number of rotatable bonds is 4. The molecule has 27 heavy (non-hydrogen) atoms. The van der Waals surface area contributed by atoms with E-state index in [0.29, 0.717) is 5.41 Å². The van der Waals surface area contributed by atoms with Crippen LogP contribution in [0.3, 0.4) is 0 Å². The van der Waals surface area contributed by atoms with Crippen LogP contribution < -0.4 is 5.32 Å². The quantitative estimate of drug-likeness (QED) is 0.581. The zero-order valence-electron chi connectivity index (χ0n) is 16.7. The number of hydrogen-bond acceptors (Lipinski definition) is 3. The minimum absolute atomic E-state index is 0.426. The van der Waals surface area contributed by atoms with E-state index in [1.54, 1.807) is 10.4 Å². The summed E-state index contributed by atoms with van der Waals surface area (Å²) >= 11 is 2.01. The lowest BCUT2D eigenvalue weighted by Crippen LogP contribution is -2.21. The van der Waals surface area contributed by atoms with Crippen LogP contribution in [0.2, 0.25) is 0 Å². The molecular weight excluding hydrogens is 348 g/mol. The molecule has 1 aromatic carbocycles. The number of aromatic nitrogens is 1. The van der Waals surface area contributed by atoms with Crippen LogP contribution in [0.4, 0.5) is 5.69 Å². The highest BCUT2D eigenvalue weighted by molar-refractivity contribution is 7.16. The zero-order valence-corrected chi connectivity index (χ0v) is 17.5. The van der Waals surface area contributed by atoms with Gasteiger partial charge in [-0.15, -0.1) is 11.3 Å². The van der Waals surface area contributed by atoms with Crippen LogP contribution in [0.5, 0.6) is 0 Å². The van der Waals surface area contributed by atoms with Gasteiger partial charge < -0.3 is 5.32 Å². The maximum absolute atomic E-state index is 4.24. The molecule has 3 heteroatoms. The van der Waals surface area contributed by atoms with Crippen molar-refractivity contribution < 1.29 is 0 Å². The van der Waals surface area contributed by atoms with E-state index < -0.39 is 0 Å². The predicted octanol–water partition coefficient (Wildman–Crippen LogP) is 6.27. The van der Waals surface area contributed by atoms with Crippen molar-refractivity contribution in [1.82, 2.24) is 4.98 Å². The summed E-state index contributed by atoms with van der Waals surface area (Å²) in [5.74, 6) is 0. The molecule has 2 nitrogen and oxygen atoms in total. The van der Waals surface area contributed by atoms with Gasteiger partial charge >= 0.3 is 0 Å². The van der Waals surface area contributed by atoms with Gasteiger partial charge in [0.25, 0.3) is 0 Å². The summed E-state index contributed by atoms with van der Waals surface area (Å²) in [5, 5.41) is 3.44. The standard InChI is InChI=1S/C24H28N2S/c1-16-20-14-24(2,3)10-9-22(20)27-23(16)19-8-7-17(13-21(19)25-4)12-18-6-5-11-26-15-18/h5-8,11,13,15,25H,9-10,12,14H2,1-4H3. The van der Waals surface area contributed by atoms with E-state index in [9.17, 15) is 0 Å². The number of pyridine rings is 1. The number of hydrogen-bond donors (Lipinski definition) is 1. The SMILES string of the molecule is CNc1cc(Cc2cccnc2)ccc1-c1sc2c(c1C)CC(C)(C)CC2. The second kappa shape index (κ2) is 7.12. The van der Waals surface area contributed by atoms with E-state index in [1.807, 2.05) is 36.8 Å². The van der Waals surface area contributed by atoms with Gasteiger partial charge in [0, 0.05) is 40.4 Å². The lowest BCUT2D eigenvalue weighted by atomic mass is 9.76. The molecule has 0 aliphatic heterocycles. The Hall–Kier alpha value is -2.13. The van der Waals surface area contributed by atoms with Gasteiger partial charge in [0.05, 0.1) is 0 Å². The second-order valence-corrected chi connectivity index (χ2v) is 9.57. The molecule has 1 aliphatic rings. The van der Waals surface area contributed by atoms with Crippen LogP contribution in [0.1, 0.15) is 47.4 Å². The topological polar surface area (TPSA) is 24.9 Å². The molecule has 2 aromatic heterocycles. The third kappa shape index (κ3) is 3.66. The maximum atomic E-state index is 4.24. The summed E-state index contributed by atoms with van der Waals surface area (Å²) in [6, 6.07) is 11.0. The van der Waals surface area contributed by atoms with E-state index in [0.717, 1.165) is 6.42 Å². The first-order valence-corrected chi connectivity index (χ1v) is 10.6. The van der Waals surface area contributed by atoms with Crippen LogP contribution in [0.25, 0.3) is 10.4 Å². The minimum atomic E-state index is 0.426. The van der Waals surface area contributed by atoms with Crippen molar-refractivity contribution in [2.45, 2.75) is 46.5 Å². The van der Waals surface area contributed by atoms with Crippen LogP contribution >= 0.6 is 11.3 Å². The second-order valence-electron chi connectivity index (χ2n) is 8.47. The molecular formula is C24H28N2S. The summed E-state index contributed by atoms with van der Waals surface area (Å²) < 4.78 is 0. The van der Waals surface area contributed by atoms with E-state index in [2.05, 4.69) is 55.3 Å². The van der Waals surface area contributed by atoms with Crippen LogP contribution in [0.15, 0.2) is 42.7 Å². The lowest BCUT2D eigenvalue weighted by Gasteiger charge is -2.29. The molecule has 2 heterocycles. The Morgan fingerprint density at radius 1 is 1.19 bits per heavy atom. The van der Waals surface area contributed by atoms with Crippen molar-refractivity contribution in [3.05, 3.63) is 69.9 Å². The lowest BCUT2D eigenvalue weighted by molar-refractivity contribution is 0.317. The van der Waals surface area contributed by atoms with Gasteiger partial charge in [0.1, 0.15) is 0 Å². The smallest absolute Gasteiger partial charge is 0.0428 e. The number of nitrogens with zero attached hydrogens (tertiary/aromatic N) is 1. The van der Waals surface area contributed by atoms with Crippen LogP contribution in [-0.2, 0) is 19.3 Å². The largest absolute Gasteiger partial charge is 0.388 e. The Kier molecular flexibility index (Phi) is 4.81. The van der Waals surface area contributed by atoms with E-state index in [1.165, 1.54) is 52.1 Å². The molecule has 140 valence electrons. The highest BCUT2D eigenvalue weighted by Crippen LogP contribution is 2.46. The molecule has 0 amide bonds. The van der Waals surface area contributed by atoms with Crippen molar-refractivity contribution in [1.29, 1.82) is 0 Å². The first-order valence-electron chi connectivity index (χ1n) is 9.78. The van der Waals surface area contributed by atoms with Gasteiger partial charge in [-0.25, -0.2) is 0 Å². The molecule has 0 saturated carbocycles. The summed E-state index contributed by atoms with van der Waals surface area (Å²) in [6.07, 6.45) is 8.42. The molecule has 0 unspecified atom stereocenters. The summed E-state index contributed by atoms with van der Waals surface area (Å²) in [4.78, 5) is 7.28. The van der Waals surface area contributed by atoms with Gasteiger partial charge in [0.2, 0.25) is 0 Å². The molecule has 1 aliphatic carbocycles. The molecule has 4 rings (SSSR count). The predicted molar refractivity (Wildman–Crippen MR) is 117 cm³/mol. The zero-order chi connectivity index (χ0) is 19.0. The van der Waals surface area contributed by atoms with Crippen molar-refractivity contribution in [2.24, 2.45) is 5.41 Å². The summed E-state index contributed by atoms with van der Waals surface area (Å²) in [7, 11) is 2.03. The van der Waals surface area contributed by atoms with Gasteiger partial charge in [-0.2, -0.15) is 0 Å². The third-order valence-corrected chi connectivity index (χ3v) is 7.20. The fourth-order valence-electron chi connectivity index (χ4n) is 4.16. The Morgan fingerprint density at radius 3 is 2.78 bits per heavy atom. The molecule has 0 spiro atoms. The first-order chi connectivity index (χ1) is 13.0. The maximum Gasteiger partial charge on any atom is 0.0428 e. The molecule has 0 bridgehead atoms. The number of nitrogens with one attached hydrogen (secondary N) is 1. The Labute approximate surface area is 166 Å². The summed E-state index contributed by atoms with van der Waals surface area (Å²) in [6.45, 7) is 7.12. The van der Waals surface area contributed by atoms with Gasteiger partial charge in [0.15, 0.2) is 0 Å². The Bertz CT molecular complexity index is 954. The molecule has 3 aromatic rings. The Morgan fingerprint density at radius 2 is 2.04 bits per heavy atom. The highest BCUT2D eigenvalue weighted by atomic mass is 32.1. The monoisotopic (exact) mass is 376 g/mol. The van der Waals surface area contributed by atoms with Crippen molar-refractivity contribution >= 4 is 17.0 Å². The van der Waals surface area contributed by atoms with Crippen molar-refractivity contribution in [2.75, 3.05) is 12.4 Å². The molecule has 1 N–H and O–H groups in total. The van der Waals surface area contributed by atoms with Gasteiger partial charge in [-0.3, -0.25) is 4.98 Å². The van der Waals surface area contributed by atoms with E-state index in [-0.39, 0.29) is 0 Å². The van der Waals surface area contributed by atoms with E-state index >= 15 is 0 Å². The third-order valence-electron chi connectivity index (χ3n) is 5.77. The average molecular weight is 377 g/mol. The van der Waals surface area contributed by atoms with Crippen LogP contribution in [-0.4, -0.2) is 12.0 Å². The van der Waals surface area contributed by atoms with Crippen molar-refractivity contribution in [3.8, 4) is 10.4 Å². The van der Waals surface area contributed by atoms with E-state index in [4.69, 9.17) is 0 Å². The molecule has 0 fully saturated rings. The molecule has 0 atom stereocenters. The number of fused-ring (bicyclic) bond motifs is 1.